The van der Waals surface area contributed by atoms with Crippen LogP contribution in [0.25, 0.3) is 0 Å². The van der Waals surface area contributed by atoms with Gasteiger partial charge in [0.25, 0.3) is 0 Å². The quantitative estimate of drug-likeness (QED) is 0.859. The molecule has 2 heterocycles. The zero-order chi connectivity index (χ0) is 20.4. The van der Waals surface area contributed by atoms with Crippen molar-refractivity contribution in [2.75, 3.05) is 26.2 Å². The van der Waals surface area contributed by atoms with Crippen LogP contribution in [0.4, 0.5) is 4.79 Å². The summed E-state index contributed by atoms with van der Waals surface area (Å²) in [4.78, 5) is 17.0. The third kappa shape index (κ3) is 5.06. The molecule has 2 atom stereocenters. The Morgan fingerprint density at radius 1 is 1.18 bits per heavy atom. The second kappa shape index (κ2) is 8.42. The van der Waals surface area contributed by atoms with E-state index in [1.807, 2.05) is 25.7 Å². The number of amides is 1. The van der Waals surface area contributed by atoms with Crippen LogP contribution in [0.5, 0.6) is 0 Å². The lowest BCUT2D eigenvalue weighted by molar-refractivity contribution is -0.0302. The van der Waals surface area contributed by atoms with E-state index in [0.29, 0.717) is 12.1 Å². The van der Waals surface area contributed by atoms with Gasteiger partial charge in [0.2, 0.25) is 0 Å². The number of piperazine rings is 1. The van der Waals surface area contributed by atoms with Gasteiger partial charge in [0.05, 0.1) is 0 Å². The van der Waals surface area contributed by atoms with Crippen LogP contribution in [-0.4, -0.2) is 65.3 Å². The third-order valence-corrected chi connectivity index (χ3v) is 6.27. The number of hydrogen-bond acceptors (Lipinski definition) is 4. The van der Waals surface area contributed by atoms with Crippen LogP contribution in [0.3, 0.4) is 0 Å². The number of ether oxygens (including phenoxy) is 1. The molecular weight excluding hydrogens is 350 g/mol. The molecule has 0 saturated carbocycles. The van der Waals surface area contributed by atoms with Gasteiger partial charge in [-0.15, -0.1) is 0 Å². The fourth-order valence-electron chi connectivity index (χ4n) is 4.58. The smallest absolute Gasteiger partial charge is 0.410 e. The molecule has 1 N–H and O–H groups in total. The molecule has 5 heteroatoms. The summed E-state index contributed by atoms with van der Waals surface area (Å²) >= 11 is 0. The van der Waals surface area contributed by atoms with Gasteiger partial charge in [0.15, 0.2) is 0 Å². The fourth-order valence-corrected chi connectivity index (χ4v) is 4.58. The summed E-state index contributed by atoms with van der Waals surface area (Å²) in [5.41, 5.74) is 1.07. The average Bonchev–Trinajstić information content (AvgIpc) is 2.63. The molecule has 0 aromatic heterocycles. The molecule has 1 unspecified atom stereocenters. The maximum absolute atomic E-state index is 12.4. The Labute approximate surface area is 170 Å². The lowest BCUT2D eigenvalue weighted by atomic mass is 9.83. The summed E-state index contributed by atoms with van der Waals surface area (Å²) < 4.78 is 5.57. The number of carbonyl (C=O) groups is 1. The van der Waals surface area contributed by atoms with E-state index in [0.717, 1.165) is 45.4 Å². The Hall–Kier alpha value is -1.59. The minimum atomic E-state index is -0.438. The number of carbonyl (C=O) groups excluding carboxylic acids is 1. The molecule has 0 bridgehead atoms. The zero-order valence-electron chi connectivity index (χ0n) is 18.2. The summed E-state index contributed by atoms with van der Waals surface area (Å²) in [7, 11) is 0. The van der Waals surface area contributed by atoms with E-state index in [1.165, 1.54) is 5.56 Å². The number of nitrogens with one attached hydrogen (secondary N) is 1. The molecule has 0 spiro atoms. The van der Waals surface area contributed by atoms with Gasteiger partial charge in [-0.05, 0) is 59.4 Å². The van der Waals surface area contributed by atoms with Gasteiger partial charge >= 0.3 is 6.09 Å². The molecule has 2 aliphatic rings. The molecule has 1 aromatic carbocycles. The van der Waals surface area contributed by atoms with Crippen LogP contribution in [0.1, 0.15) is 53.0 Å². The first-order valence-electron chi connectivity index (χ1n) is 10.7. The number of benzene rings is 1. The first-order valence-corrected chi connectivity index (χ1v) is 10.7. The topological polar surface area (TPSA) is 44.8 Å². The summed E-state index contributed by atoms with van der Waals surface area (Å²) in [6.07, 6.45) is 2.86. The third-order valence-electron chi connectivity index (χ3n) is 6.27. The number of nitrogens with zero attached hydrogens (tertiary/aromatic N) is 2. The van der Waals surface area contributed by atoms with Crippen molar-refractivity contribution in [2.24, 2.45) is 0 Å². The standard InChI is InChI=1S/C23H37N3O2/c1-18-20(17-19-9-7-6-8-10-19)26(16-13-24-18)23(5)11-14-25(15-12-23)21(27)28-22(2,3)4/h6-10,18,20,24H,11-17H2,1-5H3/t18-,20?/m0/s1. The van der Waals surface area contributed by atoms with Crippen LogP contribution >= 0.6 is 0 Å². The van der Waals surface area contributed by atoms with E-state index in [9.17, 15) is 4.79 Å². The van der Waals surface area contributed by atoms with Crippen molar-refractivity contribution >= 4 is 6.09 Å². The molecule has 2 aliphatic heterocycles. The molecule has 1 amide bonds. The summed E-state index contributed by atoms with van der Waals surface area (Å²) in [5.74, 6) is 0. The lowest BCUT2D eigenvalue weighted by Gasteiger charge is -2.53. The summed E-state index contributed by atoms with van der Waals surface area (Å²) in [5, 5.41) is 3.67. The molecule has 1 aromatic rings. The van der Waals surface area contributed by atoms with Gasteiger partial charge in [-0.1, -0.05) is 30.3 Å². The first-order chi connectivity index (χ1) is 13.2. The van der Waals surface area contributed by atoms with Crippen molar-refractivity contribution in [3.8, 4) is 0 Å². The van der Waals surface area contributed by atoms with Gasteiger partial charge in [-0.25, -0.2) is 4.79 Å². The molecule has 0 radical (unpaired) electrons. The lowest BCUT2D eigenvalue weighted by Crippen LogP contribution is -2.66. The maximum atomic E-state index is 12.4. The molecular formula is C23H37N3O2. The largest absolute Gasteiger partial charge is 0.444 e. The molecule has 3 rings (SSSR count). The normalized spacial score (nSPS) is 26.1. The molecule has 28 heavy (non-hydrogen) atoms. The summed E-state index contributed by atoms with van der Waals surface area (Å²) in [6, 6.07) is 11.7. The van der Waals surface area contributed by atoms with E-state index in [1.54, 1.807) is 0 Å². The number of piperidine rings is 1. The molecule has 2 saturated heterocycles. The van der Waals surface area contributed by atoms with Crippen LogP contribution < -0.4 is 5.32 Å². The second-order valence-electron chi connectivity index (χ2n) is 9.66. The number of likely N-dealkylation sites (tertiary alicyclic amines) is 1. The highest BCUT2D eigenvalue weighted by molar-refractivity contribution is 5.68. The predicted molar refractivity (Wildman–Crippen MR) is 114 cm³/mol. The Morgan fingerprint density at radius 2 is 1.82 bits per heavy atom. The predicted octanol–water partition coefficient (Wildman–Crippen LogP) is 3.68. The zero-order valence-corrected chi connectivity index (χ0v) is 18.2. The molecule has 2 fully saturated rings. The van der Waals surface area contributed by atoms with Gasteiger partial charge in [-0.3, -0.25) is 4.90 Å². The van der Waals surface area contributed by atoms with Crippen molar-refractivity contribution in [3.63, 3.8) is 0 Å². The van der Waals surface area contributed by atoms with E-state index in [-0.39, 0.29) is 11.6 Å². The van der Waals surface area contributed by atoms with Crippen LogP contribution in [0.15, 0.2) is 30.3 Å². The van der Waals surface area contributed by atoms with Gasteiger partial charge in [0.1, 0.15) is 5.60 Å². The minimum absolute atomic E-state index is 0.119. The Balaban J connectivity index is 1.67. The molecule has 5 nitrogen and oxygen atoms in total. The number of hydrogen-bond donors (Lipinski definition) is 1. The fraction of sp³-hybridized carbons (Fsp3) is 0.696. The van der Waals surface area contributed by atoms with Crippen LogP contribution in [0, 0.1) is 0 Å². The van der Waals surface area contributed by atoms with E-state index >= 15 is 0 Å². The second-order valence-corrected chi connectivity index (χ2v) is 9.66. The van der Waals surface area contributed by atoms with Crippen molar-refractivity contribution < 1.29 is 9.53 Å². The molecule has 0 aliphatic carbocycles. The Kier molecular flexibility index (Phi) is 6.35. The highest BCUT2D eigenvalue weighted by Crippen LogP contribution is 2.33. The van der Waals surface area contributed by atoms with Crippen LogP contribution in [-0.2, 0) is 11.2 Å². The van der Waals surface area contributed by atoms with Gasteiger partial charge in [0, 0.05) is 43.8 Å². The minimum Gasteiger partial charge on any atom is -0.444 e. The highest BCUT2D eigenvalue weighted by atomic mass is 16.6. The van der Waals surface area contributed by atoms with Crippen molar-refractivity contribution in [1.82, 2.24) is 15.1 Å². The maximum Gasteiger partial charge on any atom is 0.410 e. The monoisotopic (exact) mass is 387 g/mol. The van der Waals surface area contributed by atoms with Crippen molar-refractivity contribution in [1.29, 1.82) is 0 Å². The van der Waals surface area contributed by atoms with Gasteiger partial charge < -0.3 is 15.0 Å². The van der Waals surface area contributed by atoms with Gasteiger partial charge in [-0.2, -0.15) is 0 Å². The van der Waals surface area contributed by atoms with E-state index < -0.39 is 5.60 Å². The van der Waals surface area contributed by atoms with Crippen molar-refractivity contribution in [2.45, 2.75) is 77.1 Å². The van der Waals surface area contributed by atoms with Crippen molar-refractivity contribution in [3.05, 3.63) is 35.9 Å². The Bertz CT molecular complexity index is 648. The van der Waals surface area contributed by atoms with E-state index in [2.05, 4.69) is 54.4 Å². The van der Waals surface area contributed by atoms with Crippen LogP contribution in [0.2, 0.25) is 0 Å². The SMILES string of the molecule is C[C@@H]1NCCN(C2(C)CCN(C(=O)OC(C)(C)C)CC2)C1Cc1ccccc1. The van der Waals surface area contributed by atoms with E-state index in [4.69, 9.17) is 4.74 Å². The average molecular weight is 388 g/mol. The number of rotatable bonds is 3. The first kappa shape index (κ1) is 21.1. The highest BCUT2D eigenvalue weighted by Gasteiger charge is 2.43. The summed E-state index contributed by atoms with van der Waals surface area (Å²) in [6.45, 7) is 14.1. The Morgan fingerprint density at radius 3 is 2.43 bits per heavy atom. The molecule has 156 valence electrons.